The molecular weight excluding hydrogens is 344 g/mol. The summed E-state index contributed by atoms with van der Waals surface area (Å²) in [5, 5.41) is 2.77. The molecule has 0 aliphatic rings. The lowest BCUT2D eigenvalue weighted by atomic mass is 10.3. The fourth-order valence-corrected chi connectivity index (χ4v) is 2.86. The lowest BCUT2D eigenvalue weighted by molar-refractivity contribution is -0.133. The molecule has 7 nitrogen and oxygen atoms in total. The number of rotatable bonds is 6. The van der Waals surface area contributed by atoms with E-state index in [9.17, 15) is 9.59 Å². The van der Waals surface area contributed by atoms with Gasteiger partial charge in [0, 0.05) is 18.8 Å². The maximum absolute atomic E-state index is 12.6. The van der Waals surface area contributed by atoms with Crippen molar-refractivity contribution in [1.29, 1.82) is 0 Å². The summed E-state index contributed by atoms with van der Waals surface area (Å²) in [6.45, 7) is 1.96. The average Bonchev–Trinajstić information content (AvgIpc) is 2.97. The molecule has 0 bridgehead atoms. The molecule has 0 radical (unpaired) electrons. The zero-order valence-corrected chi connectivity index (χ0v) is 15.6. The predicted molar refractivity (Wildman–Crippen MR) is 104 cm³/mol. The van der Waals surface area contributed by atoms with Crippen molar-refractivity contribution in [2.75, 3.05) is 26.0 Å². The van der Waals surface area contributed by atoms with Crippen LogP contribution in [0.1, 0.15) is 5.82 Å². The fourth-order valence-electron chi connectivity index (χ4n) is 2.86. The van der Waals surface area contributed by atoms with E-state index in [4.69, 9.17) is 4.74 Å². The van der Waals surface area contributed by atoms with Crippen molar-refractivity contribution >= 4 is 28.5 Å². The van der Waals surface area contributed by atoms with Crippen LogP contribution in [-0.2, 0) is 16.1 Å². The highest BCUT2D eigenvalue weighted by molar-refractivity contribution is 5.94. The van der Waals surface area contributed by atoms with Gasteiger partial charge in [0.25, 0.3) is 0 Å². The number of aryl methyl sites for hydroxylation is 1. The molecule has 0 saturated carbocycles. The van der Waals surface area contributed by atoms with Crippen molar-refractivity contribution in [2.24, 2.45) is 0 Å². The van der Waals surface area contributed by atoms with Gasteiger partial charge in [-0.05, 0) is 31.2 Å². The van der Waals surface area contributed by atoms with Crippen LogP contribution in [0.3, 0.4) is 0 Å². The number of aromatic nitrogens is 2. The molecule has 3 rings (SSSR count). The van der Waals surface area contributed by atoms with E-state index in [1.165, 1.54) is 4.90 Å². The summed E-state index contributed by atoms with van der Waals surface area (Å²) in [6.07, 6.45) is 0. The van der Waals surface area contributed by atoms with Crippen LogP contribution < -0.4 is 10.1 Å². The van der Waals surface area contributed by atoms with Gasteiger partial charge in [0.15, 0.2) is 0 Å². The number of anilines is 1. The Kier molecular flexibility index (Phi) is 5.40. The van der Waals surface area contributed by atoms with Crippen LogP contribution in [-0.4, -0.2) is 47.0 Å². The van der Waals surface area contributed by atoms with Gasteiger partial charge in [0.1, 0.15) is 18.1 Å². The zero-order valence-electron chi connectivity index (χ0n) is 15.6. The number of hydrogen-bond donors (Lipinski definition) is 1. The van der Waals surface area contributed by atoms with Crippen molar-refractivity contribution in [3.8, 4) is 5.75 Å². The number of carbonyl (C=O) groups excluding carboxylic acids is 2. The third kappa shape index (κ3) is 4.25. The van der Waals surface area contributed by atoms with Crippen molar-refractivity contribution in [3.05, 3.63) is 54.4 Å². The first-order valence-electron chi connectivity index (χ1n) is 8.57. The Balaban J connectivity index is 1.63. The molecule has 0 saturated heterocycles. The van der Waals surface area contributed by atoms with E-state index in [-0.39, 0.29) is 24.9 Å². The van der Waals surface area contributed by atoms with E-state index in [0.29, 0.717) is 11.4 Å². The highest BCUT2D eigenvalue weighted by Crippen LogP contribution is 2.17. The smallest absolute Gasteiger partial charge is 0.243 e. The van der Waals surface area contributed by atoms with Crippen molar-refractivity contribution in [3.63, 3.8) is 0 Å². The quantitative estimate of drug-likeness (QED) is 0.727. The first-order valence-corrected chi connectivity index (χ1v) is 8.57. The molecular formula is C20H22N4O3. The number of imidazole rings is 1. The Labute approximate surface area is 157 Å². The molecule has 0 fully saturated rings. The SMILES string of the molecule is COc1cccc(NC(=O)CN(C)C(=O)Cn2c(C)nc3ccccc32)c1. The number of nitrogens with one attached hydrogen (secondary N) is 1. The summed E-state index contributed by atoms with van der Waals surface area (Å²) < 4.78 is 6.99. The van der Waals surface area contributed by atoms with Crippen LogP contribution in [0.25, 0.3) is 11.0 Å². The van der Waals surface area contributed by atoms with Gasteiger partial charge in [-0.25, -0.2) is 4.98 Å². The fraction of sp³-hybridized carbons (Fsp3) is 0.250. The standard InChI is InChI=1S/C20H22N4O3/c1-14-21-17-9-4-5-10-18(17)24(14)13-20(26)23(2)12-19(25)22-15-7-6-8-16(11-15)27-3/h4-11H,12-13H2,1-3H3,(H,22,25). The molecule has 1 N–H and O–H groups in total. The Morgan fingerprint density at radius 1 is 1.19 bits per heavy atom. The Morgan fingerprint density at radius 3 is 2.74 bits per heavy atom. The van der Waals surface area contributed by atoms with Crippen LogP contribution in [0.15, 0.2) is 48.5 Å². The molecule has 1 aromatic heterocycles. The summed E-state index contributed by atoms with van der Waals surface area (Å²) in [5.41, 5.74) is 2.37. The van der Waals surface area contributed by atoms with E-state index >= 15 is 0 Å². The number of likely N-dealkylation sites (N-methyl/N-ethyl adjacent to an activating group) is 1. The second kappa shape index (κ2) is 7.90. The number of para-hydroxylation sites is 2. The molecule has 140 valence electrons. The van der Waals surface area contributed by atoms with Crippen LogP contribution in [0, 0.1) is 6.92 Å². The Morgan fingerprint density at radius 2 is 1.96 bits per heavy atom. The molecule has 0 atom stereocenters. The molecule has 0 spiro atoms. The molecule has 27 heavy (non-hydrogen) atoms. The van der Waals surface area contributed by atoms with Crippen LogP contribution in [0.5, 0.6) is 5.75 Å². The van der Waals surface area contributed by atoms with Gasteiger partial charge in [-0.2, -0.15) is 0 Å². The predicted octanol–water partition coefficient (Wildman–Crippen LogP) is 2.45. The normalized spacial score (nSPS) is 10.6. The van der Waals surface area contributed by atoms with Gasteiger partial charge in [0.05, 0.1) is 24.7 Å². The number of benzene rings is 2. The Bertz CT molecular complexity index is 980. The lowest BCUT2D eigenvalue weighted by Gasteiger charge is -2.18. The minimum atomic E-state index is -0.272. The average molecular weight is 366 g/mol. The molecule has 0 aliphatic carbocycles. The van der Waals surface area contributed by atoms with Crippen molar-refractivity contribution < 1.29 is 14.3 Å². The number of carbonyl (C=O) groups is 2. The molecule has 0 aliphatic heterocycles. The largest absolute Gasteiger partial charge is 0.497 e. The molecule has 2 aromatic carbocycles. The first-order chi connectivity index (χ1) is 13.0. The molecule has 0 unspecified atom stereocenters. The van der Waals surface area contributed by atoms with Crippen LogP contribution >= 0.6 is 0 Å². The van der Waals surface area contributed by atoms with Gasteiger partial charge in [-0.1, -0.05) is 18.2 Å². The maximum Gasteiger partial charge on any atom is 0.243 e. The second-order valence-corrected chi connectivity index (χ2v) is 6.26. The second-order valence-electron chi connectivity index (χ2n) is 6.26. The minimum Gasteiger partial charge on any atom is -0.497 e. The number of hydrogen-bond acceptors (Lipinski definition) is 4. The monoisotopic (exact) mass is 366 g/mol. The number of fused-ring (bicyclic) bond motifs is 1. The molecule has 1 heterocycles. The van der Waals surface area contributed by atoms with E-state index in [1.807, 2.05) is 35.8 Å². The topological polar surface area (TPSA) is 76.5 Å². The number of amides is 2. The first kappa shape index (κ1) is 18.4. The van der Waals surface area contributed by atoms with Gasteiger partial charge in [-0.3, -0.25) is 9.59 Å². The highest BCUT2D eigenvalue weighted by Gasteiger charge is 2.16. The summed E-state index contributed by atoms with van der Waals surface area (Å²) in [4.78, 5) is 30.7. The maximum atomic E-state index is 12.6. The molecule has 2 amide bonds. The summed E-state index contributed by atoms with van der Waals surface area (Å²) in [5.74, 6) is 0.979. The number of ether oxygens (including phenoxy) is 1. The summed E-state index contributed by atoms with van der Waals surface area (Å²) in [7, 11) is 3.18. The summed E-state index contributed by atoms with van der Waals surface area (Å²) >= 11 is 0. The lowest BCUT2D eigenvalue weighted by Crippen LogP contribution is -2.37. The number of methoxy groups -OCH3 is 1. The van der Waals surface area contributed by atoms with Gasteiger partial charge >= 0.3 is 0 Å². The van der Waals surface area contributed by atoms with Crippen LogP contribution in [0.2, 0.25) is 0 Å². The van der Waals surface area contributed by atoms with E-state index < -0.39 is 0 Å². The Hall–Kier alpha value is -3.35. The van der Waals surface area contributed by atoms with Crippen LogP contribution in [0.4, 0.5) is 5.69 Å². The van der Waals surface area contributed by atoms with E-state index in [1.54, 1.807) is 38.4 Å². The van der Waals surface area contributed by atoms with Gasteiger partial charge in [-0.15, -0.1) is 0 Å². The molecule has 3 aromatic rings. The number of nitrogens with zero attached hydrogens (tertiary/aromatic N) is 3. The molecule has 7 heteroatoms. The minimum absolute atomic E-state index is 0.0400. The van der Waals surface area contributed by atoms with E-state index in [0.717, 1.165) is 16.9 Å². The third-order valence-electron chi connectivity index (χ3n) is 4.30. The van der Waals surface area contributed by atoms with Crippen molar-refractivity contribution in [2.45, 2.75) is 13.5 Å². The summed E-state index contributed by atoms with van der Waals surface area (Å²) in [6, 6.07) is 14.7. The van der Waals surface area contributed by atoms with E-state index in [2.05, 4.69) is 10.3 Å². The van der Waals surface area contributed by atoms with Crippen molar-refractivity contribution in [1.82, 2.24) is 14.5 Å². The third-order valence-corrected chi connectivity index (χ3v) is 4.30. The highest BCUT2D eigenvalue weighted by atomic mass is 16.5. The zero-order chi connectivity index (χ0) is 19.4. The van der Waals surface area contributed by atoms with Gasteiger partial charge in [0.2, 0.25) is 11.8 Å². The van der Waals surface area contributed by atoms with Gasteiger partial charge < -0.3 is 19.5 Å².